The summed E-state index contributed by atoms with van der Waals surface area (Å²) in [4.78, 5) is 19.4. The molecule has 3 aromatic carbocycles. The Balaban J connectivity index is 1.34. The van der Waals surface area contributed by atoms with Gasteiger partial charge in [0, 0.05) is 63.1 Å². The van der Waals surface area contributed by atoms with Crippen molar-refractivity contribution in [1.82, 2.24) is 25.0 Å². The molecule has 0 spiro atoms. The number of aromatic amines is 1. The Bertz CT molecular complexity index is 2170. The van der Waals surface area contributed by atoms with Crippen molar-refractivity contribution >= 4 is 28.2 Å². The average molecular weight is 682 g/mol. The maximum absolute atomic E-state index is 15.8. The zero-order valence-corrected chi connectivity index (χ0v) is 28.4. The quantitative estimate of drug-likeness (QED) is 0.192. The summed E-state index contributed by atoms with van der Waals surface area (Å²) >= 11 is 1.35. The lowest BCUT2D eigenvalue weighted by molar-refractivity contribution is -0.136. The molecule has 0 saturated carbocycles. The number of aliphatic carboxylic acids is 1. The van der Waals surface area contributed by atoms with Crippen LogP contribution in [0.1, 0.15) is 81.0 Å². The summed E-state index contributed by atoms with van der Waals surface area (Å²) in [5.74, 6) is -1.55. The number of carboxylic acids is 1. The summed E-state index contributed by atoms with van der Waals surface area (Å²) in [6.07, 6.45) is 7.57. The number of ether oxygens (including phenoxy) is 1. The highest BCUT2D eigenvalue weighted by atomic mass is 32.1. The van der Waals surface area contributed by atoms with Crippen LogP contribution in [0.2, 0.25) is 0 Å². The highest BCUT2D eigenvalue weighted by Gasteiger charge is 2.33. The molecule has 6 bridgehead atoms. The summed E-state index contributed by atoms with van der Waals surface area (Å²) < 4.78 is 39.2. The number of nitrogens with zero attached hydrogens (tertiary/aromatic N) is 4. The Kier molecular flexibility index (Phi) is 8.56. The Hall–Kier alpha value is -4.90. The van der Waals surface area contributed by atoms with Crippen LogP contribution in [0.15, 0.2) is 72.4 Å². The van der Waals surface area contributed by atoms with Gasteiger partial charge in [0.15, 0.2) is 11.6 Å². The molecule has 3 aromatic heterocycles. The van der Waals surface area contributed by atoms with E-state index in [4.69, 9.17) is 9.72 Å². The monoisotopic (exact) mass is 681 g/mol. The van der Waals surface area contributed by atoms with Crippen LogP contribution in [-0.4, -0.2) is 36.0 Å². The molecule has 1 unspecified atom stereocenters. The first kappa shape index (κ1) is 32.6. The zero-order chi connectivity index (χ0) is 34.3. The summed E-state index contributed by atoms with van der Waals surface area (Å²) in [6, 6.07) is 15.7. The number of hydrogen-bond donors (Lipinski definition) is 2. The van der Waals surface area contributed by atoms with E-state index in [1.807, 2.05) is 29.8 Å². The van der Waals surface area contributed by atoms with Gasteiger partial charge in [-0.15, -0.1) is 16.4 Å². The molecule has 11 heteroatoms. The topological polar surface area (TPSA) is 106 Å². The van der Waals surface area contributed by atoms with E-state index in [-0.39, 0.29) is 35.4 Å². The number of thiazole rings is 1. The molecule has 6 aromatic rings. The summed E-state index contributed by atoms with van der Waals surface area (Å²) in [7, 11) is 0. The molecular formula is C38H37F2N5O3S. The van der Waals surface area contributed by atoms with Gasteiger partial charge in [0.05, 0.1) is 17.9 Å². The lowest BCUT2D eigenvalue weighted by Gasteiger charge is -2.30. The molecule has 4 heterocycles. The largest absolute Gasteiger partial charge is 0.481 e. The van der Waals surface area contributed by atoms with E-state index in [1.54, 1.807) is 16.9 Å². The maximum Gasteiger partial charge on any atom is 0.303 e. The van der Waals surface area contributed by atoms with Crippen molar-refractivity contribution in [2.75, 3.05) is 0 Å². The Labute approximate surface area is 286 Å². The Morgan fingerprint density at radius 3 is 2.71 bits per heavy atom. The first-order chi connectivity index (χ1) is 23.5. The number of aryl methyl sites for hydroxylation is 1. The maximum atomic E-state index is 15.8. The molecule has 1 atom stereocenters. The minimum atomic E-state index is -0.840. The number of rotatable bonds is 4. The van der Waals surface area contributed by atoms with Gasteiger partial charge in [0.25, 0.3) is 0 Å². The van der Waals surface area contributed by atoms with Crippen LogP contribution >= 0.6 is 11.3 Å². The van der Waals surface area contributed by atoms with E-state index in [0.717, 1.165) is 53.6 Å². The number of aromatic nitrogens is 5. The number of hydrogen-bond acceptors (Lipinski definition) is 6. The lowest BCUT2D eigenvalue weighted by atomic mass is 9.74. The molecule has 1 aliphatic rings. The van der Waals surface area contributed by atoms with Crippen LogP contribution < -0.4 is 4.74 Å². The van der Waals surface area contributed by atoms with Crippen molar-refractivity contribution in [1.29, 1.82) is 0 Å². The highest BCUT2D eigenvalue weighted by Crippen LogP contribution is 2.42. The van der Waals surface area contributed by atoms with E-state index in [0.29, 0.717) is 22.5 Å². The van der Waals surface area contributed by atoms with Gasteiger partial charge in [-0.1, -0.05) is 56.2 Å². The van der Waals surface area contributed by atoms with Gasteiger partial charge < -0.3 is 14.8 Å². The van der Waals surface area contributed by atoms with E-state index < -0.39 is 23.0 Å². The number of carboxylic acid groups (broad SMARTS) is 1. The van der Waals surface area contributed by atoms with Gasteiger partial charge in [0.1, 0.15) is 16.6 Å². The number of nitrogens with one attached hydrogen (secondary N) is 1. The second-order valence-electron chi connectivity index (χ2n) is 13.7. The van der Waals surface area contributed by atoms with E-state index >= 15 is 8.78 Å². The van der Waals surface area contributed by atoms with Gasteiger partial charge in [0.2, 0.25) is 0 Å². The normalized spacial score (nSPS) is 17.8. The molecule has 0 saturated heterocycles. The first-order valence-corrected chi connectivity index (χ1v) is 17.3. The summed E-state index contributed by atoms with van der Waals surface area (Å²) in [5, 5.41) is 21.5. The van der Waals surface area contributed by atoms with E-state index in [2.05, 4.69) is 48.2 Å². The van der Waals surface area contributed by atoms with Crippen molar-refractivity contribution in [2.45, 2.75) is 76.7 Å². The second kappa shape index (κ2) is 12.9. The fraction of sp³-hybridized carbons (Fsp3) is 0.316. The standard InChI is InChI=1S/C38H37F2N5O3S/c1-37(2)14-4-5-15-38(3,24-8-6-7-23(17-24)9-12-34(46)47)33-22-49-36(42-33)27-18-25(10-11-29(27)39)48-35-28(20-45-21-32(37)43-44-45)26-13-16-41-31(26)19-30(35)40/h6-8,10-11,13,16-19,21-22,41H,4-5,9,12,14-15,20H2,1-3H3,(H,46,47). The van der Waals surface area contributed by atoms with Crippen molar-refractivity contribution in [2.24, 2.45) is 0 Å². The third-order valence-corrected chi connectivity index (χ3v) is 10.7. The van der Waals surface area contributed by atoms with Crippen LogP contribution in [0, 0.1) is 11.6 Å². The zero-order valence-electron chi connectivity index (χ0n) is 27.6. The van der Waals surface area contributed by atoms with Crippen molar-refractivity contribution < 1.29 is 23.4 Å². The highest BCUT2D eigenvalue weighted by molar-refractivity contribution is 7.13. The van der Waals surface area contributed by atoms with E-state index in [1.165, 1.54) is 29.5 Å². The van der Waals surface area contributed by atoms with Gasteiger partial charge in [-0.25, -0.2) is 18.4 Å². The molecule has 49 heavy (non-hydrogen) atoms. The molecule has 8 nitrogen and oxygen atoms in total. The first-order valence-electron chi connectivity index (χ1n) is 16.4. The number of benzene rings is 3. The Morgan fingerprint density at radius 2 is 1.88 bits per heavy atom. The molecule has 1 aliphatic heterocycles. The predicted octanol–water partition coefficient (Wildman–Crippen LogP) is 9.18. The molecule has 0 radical (unpaired) electrons. The molecule has 0 aliphatic carbocycles. The summed E-state index contributed by atoms with van der Waals surface area (Å²) in [5.41, 5.74) is 4.30. The van der Waals surface area contributed by atoms with E-state index in [9.17, 15) is 9.90 Å². The second-order valence-corrected chi connectivity index (χ2v) is 14.6. The number of carbonyl (C=O) groups is 1. The van der Waals surface area contributed by atoms with Crippen LogP contribution in [-0.2, 0) is 28.6 Å². The lowest BCUT2D eigenvalue weighted by Crippen LogP contribution is -2.25. The van der Waals surface area contributed by atoms with Gasteiger partial charge >= 0.3 is 5.97 Å². The molecule has 2 N–H and O–H groups in total. The SMILES string of the molecule is CC1(C)CCCCC(C)(c2cccc(CCC(=O)O)c2)c2csc(n2)-c2cc(ccc2F)Oc2c(F)cc3[nH]ccc3c2Cn2cc1nn2. The number of fused-ring (bicyclic) bond motifs is 10. The van der Waals surface area contributed by atoms with Gasteiger partial charge in [-0.3, -0.25) is 4.79 Å². The number of halogens is 2. The van der Waals surface area contributed by atoms with Crippen LogP contribution in [0.3, 0.4) is 0 Å². The van der Waals surface area contributed by atoms with Crippen LogP contribution in [0.25, 0.3) is 21.5 Å². The van der Waals surface area contributed by atoms with Crippen LogP contribution in [0.5, 0.6) is 11.5 Å². The third kappa shape index (κ3) is 6.47. The fourth-order valence-corrected chi connectivity index (χ4v) is 7.72. The molecular weight excluding hydrogens is 645 g/mol. The smallest absolute Gasteiger partial charge is 0.303 e. The minimum absolute atomic E-state index is 0.0362. The fourth-order valence-electron chi connectivity index (χ4n) is 6.75. The van der Waals surface area contributed by atoms with Crippen molar-refractivity contribution in [3.63, 3.8) is 0 Å². The van der Waals surface area contributed by atoms with Crippen LogP contribution in [0.4, 0.5) is 8.78 Å². The van der Waals surface area contributed by atoms with Crippen molar-refractivity contribution in [3.8, 4) is 22.1 Å². The molecule has 252 valence electrons. The minimum Gasteiger partial charge on any atom is -0.481 e. The molecule has 7 rings (SSSR count). The summed E-state index contributed by atoms with van der Waals surface area (Å²) in [6.45, 7) is 6.69. The average Bonchev–Trinajstić information content (AvgIpc) is 3.86. The molecule has 0 amide bonds. The van der Waals surface area contributed by atoms with Gasteiger partial charge in [-0.2, -0.15) is 0 Å². The third-order valence-electron chi connectivity index (χ3n) is 9.80. The van der Waals surface area contributed by atoms with Gasteiger partial charge in [-0.05, 0) is 61.6 Å². The predicted molar refractivity (Wildman–Crippen MR) is 185 cm³/mol. The molecule has 0 fully saturated rings. The van der Waals surface area contributed by atoms with Crippen molar-refractivity contribution in [3.05, 3.63) is 112 Å². The number of H-pyrrole nitrogens is 1. The Morgan fingerprint density at radius 1 is 1.04 bits per heavy atom.